The van der Waals surface area contributed by atoms with Crippen LogP contribution < -0.4 is 5.32 Å². The van der Waals surface area contributed by atoms with Crippen molar-refractivity contribution < 1.29 is 14.3 Å². The molecule has 0 aliphatic heterocycles. The number of aryl methyl sites for hydroxylation is 4. The van der Waals surface area contributed by atoms with Crippen LogP contribution in [0.15, 0.2) is 48.5 Å². The molecule has 0 aliphatic rings. The van der Waals surface area contributed by atoms with E-state index >= 15 is 0 Å². The van der Waals surface area contributed by atoms with Gasteiger partial charge in [-0.1, -0.05) is 55.0 Å². The Bertz CT molecular complexity index is 1170. The molecule has 3 aromatic rings. The van der Waals surface area contributed by atoms with Gasteiger partial charge in [-0.2, -0.15) is 5.10 Å². The van der Waals surface area contributed by atoms with E-state index in [9.17, 15) is 9.59 Å². The third-order valence-electron chi connectivity index (χ3n) is 5.63. The highest BCUT2D eigenvalue weighted by Crippen LogP contribution is 2.21. The second-order valence-electron chi connectivity index (χ2n) is 8.18. The highest BCUT2D eigenvalue weighted by atomic mass is 16.5. The molecule has 6 heteroatoms. The Labute approximate surface area is 195 Å². The summed E-state index contributed by atoms with van der Waals surface area (Å²) in [5, 5.41) is 7.45. The number of aromatic nitrogens is 2. The van der Waals surface area contributed by atoms with Crippen LogP contribution in [0.4, 0.5) is 5.69 Å². The number of esters is 1. The minimum absolute atomic E-state index is 0.342. The average molecular weight is 446 g/mol. The topological polar surface area (TPSA) is 73.2 Å². The number of anilines is 1. The van der Waals surface area contributed by atoms with Crippen molar-refractivity contribution >= 4 is 23.6 Å². The smallest absolute Gasteiger partial charge is 0.331 e. The number of carbonyl (C=O) groups excluding carboxylic acids is 2. The van der Waals surface area contributed by atoms with Gasteiger partial charge in [0.15, 0.2) is 6.61 Å². The summed E-state index contributed by atoms with van der Waals surface area (Å²) < 4.78 is 7.06. The van der Waals surface area contributed by atoms with Crippen molar-refractivity contribution in [3.8, 4) is 0 Å². The summed E-state index contributed by atoms with van der Waals surface area (Å²) in [6.07, 6.45) is 3.84. The maximum atomic E-state index is 12.3. The standard InChI is InChI=1S/C27H31N3O3/c1-6-23-9-7-8-19(3)27(23)28-25(31)17-33-26(32)15-14-24-20(4)29-30(21(24)5)16-22-12-10-18(2)11-13-22/h7-15H,6,16-17H2,1-5H3,(H,28,31)/b15-14+. The first-order valence-electron chi connectivity index (χ1n) is 11.1. The van der Waals surface area contributed by atoms with Gasteiger partial charge in [0.2, 0.25) is 0 Å². The lowest BCUT2D eigenvalue weighted by Gasteiger charge is -2.12. The second-order valence-corrected chi connectivity index (χ2v) is 8.18. The zero-order valence-corrected chi connectivity index (χ0v) is 19.9. The van der Waals surface area contributed by atoms with E-state index in [2.05, 4.69) is 41.6 Å². The fourth-order valence-corrected chi connectivity index (χ4v) is 3.69. The number of rotatable bonds is 8. The van der Waals surface area contributed by atoms with Gasteiger partial charge in [0.1, 0.15) is 0 Å². The molecule has 6 nitrogen and oxygen atoms in total. The van der Waals surface area contributed by atoms with Crippen molar-refractivity contribution in [2.75, 3.05) is 11.9 Å². The van der Waals surface area contributed by atoms with Gasteiger partial charge in [-0.05, 0) is 56.9 Å². The molecular formula is C27H31N3O3. The largest absolute Gasteiger partial charge is 0.452 e. The molecule has 0 unspecified atom stereocenters. The van der Waals surface area contributed by atoms with Gasteiger partial charge in [-0.25, -0.2) is 4.79 Å². The molecule has 0 spiro atoms. The normalized spacial score (nSPS) is 11.1. The van der Waals surface area contributed by atoms with Crippen LogP contribution in [0.1, 0.15) is 46.1 Å². The van der Waals surface area contributed by atoms with Gasteiger partial charge in [0.05, 0.1) is 12.2 Å². The van der Waals surface area contributed by atoms with E-state index < -0.39 is 5.97 Å². The Morgan fingerprint density at radius 3 is 2.48 bits per heavy atom. The molecule has 1 N–H and O–H groups in total. The maximum Gasteiger partial charge on any atom is 0.331 e. The molecule has 1 aromatic heterocycles. The van der Waals surface area contributed by atoms with Crippen LogP contribution in [0.5, 0.6) is 0 Å². The molecule has 0 radical (unpaired) electrons. The molecule has 1 heterocycles. The third kappa shape index (κ3) is 6.19. The first-order chi connectivity index (χ1) is 15.8. The van der Waals surface area contributed by atoms with Crippen LogP contribution in [0.2, 0.25) is 0 Å². The van der Waals surface area contributed by atoms with Crippen LogP contribution in [-0.4, -0.2) is 28.3 Å². The summed E-state index contributed by atoms with van der Waals surface area (Å²) >= 11 is 0. The second kappa shape index (κ2) is 10.8. The number of benzene rings is 2. The average Bonchev–Trinajstić information content (AvgIpc) is 3.06. The van der Waals surface area contributed by atoms with Crippen molar-refractivity contribution in [3.05, 3.63) is 87.7 Å². The number of hydrogen-bond acceptors (Lipinski definition) is 4. The van der Waals surface area contributed by atoms with Crippen molar-refractivity contribution in [1.29, 1.82) is 0 Å². The molecule has 172 valence electrons. The van der Waals surface area contributed by atoms with E-state index in [0.717, 1.165) is 45.7 Å². The monoisotopic (exact) mass is 445 g/mol. The predicted octanol–water partition coefficient (Wildman–Crippen LogP) is 4.92. The molecule has 2 aromatic carbocycles. The fraction of sp³-hybridized carbons (Fsp3) is 0.296. The number of hydrogen-bond donors (Lipinski definition) is 1. The Morgan fingerprint density at radius 1 is 1.06 bits per heavy atom. The van der Waals surface area contributed by atoms with Gasteiger partial charge >= 0.3 is 5.97 Å². The van der Waals surface area contributed by atoms with Crippen LogP contribution in [0.25, 0.3) is 6.08 Å². The van der Waals surface area contributed by atoms with Gasteiger partial charge in [-0.3, -0.25) is 9.48 Å². The number of nitrogens with zero attached hydrogens (tertiary/aromatic N) is 2. The SMILES string of the molecule is CCc1cccc(C)c1NC(=O)COC(=O)/C=C/c1c(C)nn(Cc2ccc(C)cc2)c1C. The lowest BCUT2D eigenvalue weighted by Crippen LogP contribution is -2.21. The van der Waals surface area contributed by atoms with E-state index in [1.807, 2.05) is 50.6 Å². The molecule has 33 heavy (non-hydrogen) atoms. The van der Waals surface area contributed by atoms with Crippen molar-refractivity contribution in [2.24, 2.45) is 0 Å². The van der Waals surface area contributed by atoms with Crippen LogP contribution in [0, 0.1) is 27.7 Å². The third-order valence-corrected chi connectivity index (χ3v) is 5.63. The number of nitrogens with one attached hydrogen (secondary N) is 1. The highest BCUT2D eigenvalue weighted by Gasteiger charge is 2.12. The first-order valence-corrected chi connectivity index (χ1v) is 11.1. The Kier molecular flexibility index (Phi) is 7.83. The first kappa shape index (κ1) is 24.0. The predicted molar refractivity (Wildman–Crippen MR) is 131 cm³/mol. The molecular weight excluding hydrogens is 414 g/mol. The molecule has 0 saturated heterocycles. The summed E-state index contributed by atoms with van der Waals surface area (Å²) in [6, 6.07) is 14.2. The zero-order chi connectivity index (χ0) is 24.0. The minimum Gasteiger partial charge on any atom is -0.452 e. The lowest BCUT2D eigenvalue weighted by atomic mass is 10.1. The van der Waals surface area contributed by atoms with E-state index in [1.165, 1.54) is 11.6 Å². The summed E-state index contributed by atoms with van der Waals surface area (Å²) in [6.45, 7) is 10.2. The molecule has 3 rings (SSSR count). The highest BCUT2D eigenvalue weighted by molar-refractivity contribution is 5.95. The molecule has 0 bridgehead atoms. The summed E-state index contributed by atoms with van der Waals surface area (Å²) in [4.78, 5) is 24.5. The van der Waals surface area contributed by atoms with Crippen LogP contribution >= 0.6 is 0 Å². The molecule has 0 fully saturated rings. The van der Waals surface area contributed by atoms with E-state index in [-0.39, 0.29) is 12.5 Å². The number of ether oxygens (including phenoxy) is 1. The number of amides is 1. The van der Waals surface area contributed by atoms with Crippen LogP contribution in [-0.2, 0) is 27.3 Å². The molecule has 0 aliphatic carbocycles. The number of para-hydroxylation sites is 1. The summed E-state index contributed by atoms with van der Waals surface area (Å²) in [5.74, 6) is -0.935. The number of carbonyl (C=O) groups is 2. The minimum atomic E-state index is -0.573. The Balaban J connectivity index is 1.59. The van der Waals surface area contributed by atoms with E-state index in [1.54, 1.807) is 6.08 Å². The summed E-state index contributed by atoms with van der Waals surface area (Å²) in [5.41, 5.74) is 7.83. The van der Waals surface area contributed by atoms with E-state index in [0.29, 0.717) is 6.54 Å². The molecule has 1 amide bonds. The van der Waals surface area contributed by atoms with Gasteiger partial charge in [0.25, 0.3) is 5.91 Å². The zero-order valence-electron chi connectivity index (χ0n) is 19.9. The van der Waals surface area contributed by atoms with Crippen molar-refractivity contribution in [2.45, 2.75) is 47.6 Å². The fourth-order valence-electron chi connectivity index (χ4n) is 3.69. The maximum absolute atomic E-state index is 12.3. The quantitative estimate of drug-likeness (QED) is 0.394. The van der Waals surface area contributed by atoms with Crippen LogP contribution in [0.3, 0.4) is 0 Å². The van der Waals surface area contributed by atoms with Crippen molar-refractivity contribution in [1.82, 2.24) is 9.78 Å². The lowest BCUT2D eigenvalue weighted by molar-refractivity contribution is -0.142. The van der Waals surface area contributed by atoms with Gasteiger partial charge in [0, 0.05) is 23.0 Å². The molecule has 0 saturated carbocycles. The summed E-state index contributed by atoms with van der Waals surface area (Å²) in [7, 11) is 0. The molecule has 0 atom stereocenters. The van der Waals surface area contributed by atoms with E-state index in [4.69, 9.17) is 4.74 Å². The Morgan fingerprint density at radius 2 is 1.79 bits per heavy atom. The van der Waals surface area contributed by atoms with Gasteiger partial charge in [-0.15, -0.1) is 0 Å². The Hall–Kier alpha value is -3.67. The van der Waals surface area contributed by atoms with Crippen molar-refractivity contribution in [3.63, 3.8) is 0 Å². The van der Waals surface area contributed by atoms with Gasteiger partial charge < -0.3 is 10.1 Å².